The first-order chi connectivity index (χ1) is 16.9. The Hall–Kier alpha value is -2.59. The van der Waals surface area contributed by atoms with Crippen LogP contribution in [0.4, 0.5) is 10.1 Å². The highest BCUT2D eigenvalue weighted by Gasteiger charge is 2.26. The average Bonchev–Trinajstić information content (AvgIpc) is 2.74. The van der Waals surface area contributed by atoms with E-state index in [0.717, 1.165) is 47.9 Å². The Morgan fingerprint density at radius 2 is 1.75 bits per heavy atom. The molecule has 0 radical (unpaired) electrons. The van der Waals surface area contributed by atoms with E-state index in [9.17, 15) is 17.0 Å². The zero-order valence-corrected chi connectivity index (χ0v) is 22.7. The number of aryl methyl sites for hydroxylation is 1. The van der Waals surface area contributed by atoms with Crippen molar-refractivity contribution in [2.24, 2.45) is 10.3 Å². The summed E-state index contributed by atoms with van der Waals surface area (Å²) in [5.74, 6) is 0.451. The fraction of sp³-hybridized carbons (Fsp3) is 0.462. The largest absolute Gasteiger partial charge is 0.490 e. The van der Waals surface area contributed by atoms with E-state index in [1.165, 1.54) is 24.7 Å². The van der Waals surface area contributed by atoms with Crippen LogP contribution >= 0.6 is 0 Å². The molecule has 1 heterocycles. The highest BCUT2D eigenvalue weighted by atomic mass is 32.2. The minimum atomic E-state index is -3.00. The predicted octanol–water partition coefficient (Wildman–Crippen LogP) is 5.01. The number of nitrogens with zero attached hydrogens (tertiary/aromatic N) is 3. The molecule has 1 aliphatic rings. The van der Waals surface area contributed by atoms with Gasteiger partial charge in [0, 0.05) is 51.9 Å². The summed E-state index contributed by atoms with van der Waals surface area (Å²) >= 11 is 0. The van der Waals surface area contributed by atoms with Crippen LogP contribution in [0.5, 0.6) is 5.75 Å². The van der Waals surface area contributed by atoms with E-state index in [-0.39, 0.29) is 23.6 Å². The number of sulfone groups is 1. The third kappa shape index (κ3) is 7.00. The van der Waals surface area contributed by atoms with Gasteiger partial charge in [0.25, 0.3) is 0 Å². The molecule has 0 spiro atoms. The van der Waals surface area contributed by atoms with Gasteiger partial charge in [-0.25, -0.2) is 27.0 Å². The van der Waals surface area contributed by atoms with Crippen LogP contribution in [0.2, 0.25) is 0 Å². The van der Waals surface area contributed by atoms with E-state index in [1.807, 2.05) is 13.0 Å². The summed E-state index contributed by atoms with van der Waals surface area (Å²) in [4.78, 5) is 8.92. The van der Waals surface area contributed by atoms with Gasteiger partial charge in [0.05, 0.1) is 28.8 Å². The summed E-state index contributed by atoms with van der Waals surface area (Å²) in [6.45, 7) is 1.94. The van der Waals surface area contributed by atoms with Crippen molar-refractivity contribution >= 4 is 36.2 Å². The van der Waals surface area contributed by atoms with Gasteiger partial charge in [0.2, 0.25) is 0 Å². The number of hydrogen-bond acceptors (Lipinski definition) is 7. The second kappa shape index (κ2) is 10.4. The van der Waals surface area contributed by atoms with E-state index >= 15 is 0 Å². The normalized spacial score (nSPS) is 18.8. The van der Waals surface area contributed by atoms with Crippen molar-refractivity contribution in [1.29, 1.82) is 0 Å². The van der Waals surface area contributed by atoms with Crippen LogP contribution in [0.3, 0.4) is 0 Å². The van der Waals surface area contributed by atoms with Crippen molar-refractivity contribution in [3.05, 3.63) is 59.3 Å². The molecule has 3 aromatic rings. The quantitative estimate of drug-likeness (QED) is 0.423. The molecular formula is C26H32FN3O4S2. The molecule has 0 bridgehead atoms. The first kappa shape index (κ1) is 26.5. The lowest BCUT2D eigenvalue weighted by molar-refractivity contribution is 0.134. The van der Waals surface area contributed by atoms with Crippen LogP contribution in [-0.4, -0.2) is 53.2 Å². The lowest BCUT2D eigenvalue weighted by Crippen LogP contribution is -2.27. The number of halogens is 1. The molecule has 36 heavy (non-hydrogen) atoms. The minimum absolute atomic E-state index is 0.0904. The molecule has 1 aliphatic carbocycles. The summed E-state index contributed by atoms with van der Waals surface area (Å²) in [7, 11) is -5.31. The molecule has 7 nitrogen and oxygen atoms in total. The van der Waals surface area contributed by atoms with Crippen LogP contribution in [0.25, 0.3) is 10.9 Å². The number of ether oxygens (including phenoxy) is 1. The Bertz CT molecular complexity index is 1500. The van der Waals surface area contributed by atoms with Crippen molar-refractivity contribution in [1.82, 2.24) is 9.97 Å². The molecule has 0 N–H and O–H groups in total. The molecule has 10 heteroatoms. The highest BCUT2D eigenvalue weighted by molar-refractivity contribution is 7.92. The Morgan fingerprint density at radius 1 is 1.03 bits per heavy atom. The van der Waals surface area contributed by atoms with Crippen LogP contribution in [0.1, 0.15) is 42.5 Å². The van der Waals surface area contributed by atoms with Gasteiger partial charge in [0.15, 0.2) is 0 Å². The minimum Gasteiger partial charge on any atom is -0.490 e. The lowest BCUT2D eigenvalue weighted by Gasteiger charge is -2.29. The highest BCUT2D eigenvalue weighted by Crippen LogP contribution is 2.33. The summed E-state index contributed by atoms with van der Waals surface area (Å²) in [5.41, 5.74) is 3.83. The number of benzene rings is 2. The molecular weight excluding hydrogens is 501 g/mol. The Morgan fingerprint density at radius 3 is 2.42 bits per heavy atom. The zero-order valence-electron chi connectivity index (χ0n) is 21.0. The molecule has 0 saturated heterocycles. The monoisotopic (exact) mass is 533 g/mol. The molecule has 194 valence electrons. The number of aromatic nitrogens is 2. The van der Waals surface area contributed by atoms with Crippen LogP contribution in [-0.2, 0) is 26.0 Å². The standard InChI is InChI=1S/C26H32FN3O4S2/c1-17-11-21(30-35(2,3)31)14-24-26(17)23(28-16-29-24)12-19-7-8-20(27)13-25(19)34-22-9-5-18(6-10-22)15-36(4,32)33/h7-8,11,13-14,16,18,22H,5-6,9-10,12,15H2,1-4H3. The van der Waals surface area contributed by atoms with E-state index in [4.69, 9.17) is 4.74 Å². The van der Waals surface area contributed by atoms with Gasteiger partial charge in [0.1, 0.15) is 27.7 Å². The molecule has 0 atom stereocenters. The summed E-state index contributed by atoms with van der Waals surface area (Å²) in [5, 5.41) is 0.881. The molecule has 0 unspecified atom stereocenters. The van der Waals surface area contributed by atoms with E-state index in [0.29, 0.717) is 23.4 Å². The Labute approximate surface area is 212 Å². The Balaban J connectivity index is 1.58. The van der Waals surface area contributed by atoms with Gasteiger partial charge in [-0.15, -0.1) is 0 Å². The second-order valence-electron chi connectivity index (χ2n) is 10.0. The predicted molar refractivity (Wildman–Crippen MR) is 142 cm³/mol. The molecule has 1 fully saturated rings. The number of hydrogen-bond donors (Lipinski definition) is 0. The van der Waals surface area contributed by atoms with E-state index in [2.05, 4.69) is 14.3 Å². The van der Waals surface area contributed by atoms with Crippen LogP contribution < -0.4 is 4.74 Å². The van der Waals surface area contributed by atoms with Crippen molar-refractivity contribution < 1.29 is 21.8 Å². The maximum absolute atomic E-state index is 14.2. The molecule has 0 aliphatic heterocycles. The van der Waals surface area contributed by atoms with Crippen molar-refractivity contribution in [2.45, 2.75) is 45.1 Å². The maximum atomic E-state index is 14.2. The zero-order chi connectivity index (χ0) is 26.1. The molecule has 1 saturated carbocycles. The number of rotatable bonds is 7. The van der Waals surface area contributed by atoms with Gasteiger partial charge in [-0.05, 0) is 62.3 Å². The molecule has 1 aromatic heterocycles. The van der Waals surface area contributed by atoms with Gasteiger partial charge in [-0.2, -0.15) is 4.36 Å². The first-order valence-corrected chi connectivity index (χ1v) is 16.3. The van der Waals surface area contributed by atoms with Crippen molar-refractivity contribution in [3.63, 3.8) is 0 Å². The van der Waals surface area contributed by atoms with Crippen LogP contribution in [0.15, 0.2) is 41.0 Å². The molecule has 4 rings (SSSR count). The van der Waals surface area contributed by atoms with Gasteiger partial charge >= 0.3 is 0 Å². The third-order valence-corrected chi connectivity index (χ3v) is 8.06. The molecule has 0 amide bonds. The first-order valence-electron chi connectivity index (χ1n) is 11.9. The van der Waals surface area contributed by atoms with E-state index in [1.54, 1.807) is 24.6 Å². The third-order valence-electron chi connectivity index (χ3n) is 6.34. The Kier molecular flexibility index (Phi) is 7.66. The van der Waals surface area contributed by atoms with Gasteiger partial charge in [-0.3, -0.25) is 0 Å². The topological polar surface area (TPSA) is 98.6 Å². The van der Waals surface area contributed by atoms with Gasteiger partial charge in [-0.1, -0.05) is 6.07 Å². The van der Waals surface area contributed by atoms with Crippen molar-refractivity contribution in [3.8, 4) is 5.75 Å². The van der Waals surface area contributed by atoms with Crippen molar-refractivity contribution in [2.75, 3.05) is 24.5 Å². The number of fused-ring (bicyclic) bond motifs is 1. The second-order valence-corrected chi connectivity index (χ2v) is 14.8. The fourth-order valence-electron chi connectivity index (χ4n) is 4.88. The fourth-order valence-corrected chi connectivity index (χ4v) is 6.68. The molecule has 2 aromatic carbocycles. The van der Waals surface area contributed by atoms with Gasteiger partial charge < -0.3 is 4.74 Å². The van der Waals surface area contributed by atoms with E-state index < -0.39 is 19.6 Å². The summed E-state index contributed by atoms with van der Waals surface area (Å²) in [6, 6.07) is 8.22. The summed E-state index contributed by atoms with van der Waals surface area (Å²) < 4.78 is 60.1. The summed E-state index contributed by atoms with van der Waals surface area (Å²) in [6.07, 6.45) is 9.28. The SMILES string of the molecule is Cc1cc(N=S(C)(C)=O)cc2ncnc(Cc3ccc(F)cc3OC3CCC(CS(C)(=O)=O)CC3)c12. The van der Waals surface area contributed by atoms with Crippen LogP contribution in [0, 0.1) is 18.7 Å². The maximum Gasteiger partial charge on any atom is 0.147 e. The lowest BCUT2D eigenvalue weighted by atomic mass is 9.88. The average molecular weight is 534 g/mol. The smallest absolute Gasteiger partial charge is 0.147 e.